The van der Waals surface area contributed by atoms with Crippen molar-refractivity contribution in [3.8, 4) is 22.7 Å². The highest BCUT2D eigenvalue weighted by Crippen LogP contribution is 2.31. The SMILES string of the molecule is O=C(/C=C/c1ccc(-c2cc(Cl)cc(Cl)c2)o1)Nc1ccc(Cl)c(-c2nc3ccccc3[nH]2)c1. The minimum Gasteiger partial charge on any atom is -0.457 e. The van der Waals surface area contributed by atoms with E-state index < -0.39 is 0 Å². The van der Waals surface area contributed by atoms with Crippen LogP contribution in [0, 0.1) is 0 Å². The molecular formula is C26H16Cl3N3O2. The molecule has 0 atom stereocenters. The number of para-hydroxylation sites is 2. The topological polar surface area (TPSA) is 70.9 Å². The smallest absolute Gasteiger partial charge is 0.248 e. The van der Waals surface area contributed by atoms with Crippen LogP contribution < -0.4 is 5.32 Å². The number of rotatable bonds is 5. The molecule has 1 amide bonds. The summed E-state index contributed by atoms with van der Waals surface area (Å²) < 4.78 is 5.79. The van der Waals surface area contributed by atoms with Crippen LogP contribution in [-0.2, 0) is 4.79 Å². The number of hydrogen-bond acceptors (Lipinski definition) is 3. The van der Waals surface area contributed by atoms with E-state index >= 15 is 0 Å². The number of anilines is 1. The highest BCUT2D eigenvalue weighted by Gasteiger charge is 2.11. The van der Waals surface area contributed by atoms with Crippen LogP contribution in [-0.4, -0.2) is 15.9 Å². The molecule has 0 saturated carbocycles. The highest BCUT2D eigenvalue weighted by molar-refractivity contribution is 6.35. The first-order valence-electron chi connectivity index (χ1n) is 10.2. The summed E-state index contributed by atoms with van der Waals surface area (Å²) in [5, 5.41) is 4.39. The molecule has 8 heteroatoms. The van der Waals surface area contributed by atoms with E-state index in [1.807, 2.05) is 24.3 Å². The predicted octanol–water partition coefficient (Wildman–Crippen LogP) is 8.10. The van der Waals surface area contributed by atoms with Crippen molar-refractivity contribution >= 4 is 63.5 Å². The Morgan fingerprint density at radius 3 is 2.53 bits per heavy atom. The van der Waals surface area contributed by atoms with E-state index in [2.05, 4.69) is 15.3 Å². The standard InChI is InChI=1S/C26H16Cl3N3O2/c27-16-11-15(12-17(28)13-16)24-9-6-19(34-24)7-10-25(33)30-18-5-8-21(29)20(14-18)26-31-22-3-1-2-4-23(22)32-26/h1-14H,(H,30,33)(H,31,32)/b10-7+. The molecular weight excluding hydrogens is 493 g/mol. The van der Waals surface area contributed by atoms with Crippen molar-refractivity contribution in [3.63, 3.8) is 0 Å². The Balaban J connectivity index is 1.31. The molecule has 3 aromatic carbocycles. The van der Waals surface area contributed by atoms with Crippen molar-refractivity contribution in [2.75, 3.05) is 5.32 Å². The second-order valence-electron chi connectivity index (χ2n) is 7.48. The number of furan rings is 1. The minimum absolute atomic E-state index is 0.318. The maximum Gasteiger partial charge on any atom is 0.248 e. The monoisotopic (exact) mass is 507 g/mol. The minimum atomic E-state index is -0.318. The number of imidazole rings is 1. The molecule has 0 aliphatic heterocycles. The predicted molar refractivity (Wildman–Crippen MR) is 138 cm³/mol. The molecule has 34 heavy (non-hydrogen) atoms. The van der Waals surface area contributed by atoms with Gasteiger partial charge in [0.25, 0.3) is 0 Å². The fraction of sp³-hybridized carbons (Fsp3) is 0. The summed E-state index contributed by atoms with van der Waals surface area (Å²) in [5.41, 5.74) is 3.77. The first kappa shape index (κ1) is 22.3. The summed E-state index contributed by atoms with van der Waals surface area (Å²) in [7, 11) is 0. The Bertz CT molecular complexity index is 1500. The fourth-order valence-electron chi connectivity index (χ4n) is 3.50. The van der Waals surface area contributed by atoms with Gasteiger partial charge in [0.2, 0.25) is 5.91 Å². The van der Waals surface area contributed by atoms with Gasteiger partial charge in [0.05, 0.1) is 16.1 Å². The number of halogens is 3. The molecule has 168 valence electrons. The summed E-state index contributed by atoms with van der Waals surface area (Å²) in [5.74, 6) is 1.42. The summed E-state index contributed by atoms with van der Waals surface area (Å²) in [6.45, 7) is 0. The Labute approximate surface area is 210 Å². The van der Waals surface area contributed by atoms with Crippen molar-refractivity contribution in [1.82, 2.24) is 9.97 Å². The second-order valence-corrected chi connectivity index (χ2v) is 8.76. The number of carbonyl (C=O) groups excluding carboxylic acids is 1. The van der Waals surface area contributed by atoms with Gasteiger partial charge in [-0.15, -0.1) is 0 Å². The van der Waals surface area contributed by atoms with Crippen molar-refractivity contribution in [3.05, 3.63) is 99.7 Å². The number of nitrogens with one attached hydrogen (secondary N) is 2. The van der Waals surface area contributed by atoms with Crippen molar-refractivity contribution in [2.24, 2.45) is 0 Å². The number of nitrogens with zero attached hydrogens (tertiary/aromatic N) is 1. The zero-order chi connectivity index (χ0) is 23.7. The van der Waals surface area contributed by atoms with Crippen LogP contribution in [0.3, 0.4) is 0 Å². The van der Waals surface area contributed by atoms with E-state index in [1.54, 1.807) is 54.6 Å². The van der Waals surface area contributed by atoms with Crippen molar-refractivity contribution in [2.45, 2.75) is 0 Å². The molecule has 0 saturated heterocycles. The zero-order valence-electron chi connectivity index (χ0n) is 17.5. The van der Waals surface area contributed by atoms with Gasteiger partial charge >= 0.3 is 0 Å². The third-order valence-electron chi connectivity index (χ3n) is 5.05. The van der Waals surface area contributed by atoms with Crippen molar-refractivity contribution in [1.29, 1.82) is 0 Å². The summed E-state index contributed by atoms with van der Waals surface area (Å²) in [6, 6.07) is 21.7. The van der Waals surface area contributed by atoms with E-state index in [-0.39, 0.29) is 5.91 Å². The lowest BCUT2D eigenvalue weighted by Crippen LogP contribution is -2.07. The number of amides is 1. The Kier molecular flexibility index (Phi) is 6.16. The molecule has 2 heterocycles. The zero-order valence-corrected chi connectivity index (χ0v) is 19.7. The van der Waals surface area contributed by atoms with Crippen LogP contribution in [0.15, 0.2) is 83.3 Å². The maximum atomic E-state index is 12.5. The molecule has 2 N–H and O–H groups in total. The number of H-pyrrole nitrogens is 1. The summed E-state index contributed by atoms with van der Waals surface area (Å²) in [4.78, 5) is 20.3. The normalized spacial score (nSPS) is 11.4. The first-order valence-corrected chi connectivity index (χ1v) is 11.4. The van der Waals surface area contributed by atoms with E-state index in [0.717, 1.165) is 16.6 Å². The molecule has 2 aromatic heterocycles. The average Bonchev–Trinajstić information content (AvgIpc) is 3.45. The molecule has 0 spiro atoms. The Morgan fingerprint density at radius 1 is 0.941 bits per heavy atom. The molecule has 5 aromatic rings. The second kappa shape index (κ2) is 9.39. The van der Waals surface area contributed by atoms with Gasteiger partial charge in [-0.25, -0.2) is 4.98 Å². The van der Waals surface area contributed by atoms with E-state index in [1.165, 1.54) is 6.08 Å². The third-order valence-corrected chi connectivity index (χ3v) is 5.82. The van der Waals surface area contributed by atoms with Crippen LogP contribution >= 0.6 is 34.8 Å². The number of carbonyl (C=O) groups is 1. The van der Waals surface area contributed by atoms with Gasteiger partial charge < -0.3 is 14.7 Å². The third kappa shape index (κ3) is 4.87. The van der Waals surface area contributed by atoms with Gasteiger partial charge in [-0.1, -0.05) is 46.9 Å². The fourth-order valence-corrected chi connectivity index (χ4v) is 4.23. The highest BCUT2D eigenvalue weighted by atomic mass is 35.5. The first-order chi connectivity index (χ1) is 16.4. The largest absolute Gasteiger partial charge is 0.457 e. The number of hydrogen-bond donors (Lipinski definition) is 2. The van der Waals surface area contributed by atoms with Gasteiger partial charge in [-0.3, -0.25) is 4.79 Å². The van der Waals surface area contributed by atoms with E-state index in [0.29, 0.717) is 43.7 Å². The van der Waals surface area contributed by atoms with Crippen molar-refractivity contribution < 1.29 is 9.21 Å². The molecule has 0 aliphatic rings. The molecule has 0 bridgehead atoms. The molecule has 5 rings (SSSR count). The average molecular weight is 509 g/mol. The molecule has 0 fully saturated rings. The number of aromatic nitrogens is 2. The van der Waals surface area contributed by atoms with Crippen LogP contribution in [0.1, 0.15) is 5.76 Å². The lowest BCUT2D eigenvalue weighted by Gasteiger charge is -2.06. The van der Waals surface area contributed by atoms with Gasteiger partial charge in [-0.2, -0.15) is 0 Å². The maximum absolute atomic E-state index is 12.5. The van der Waals surface area contributed by atoms with Crippen LogP contribution in [0.4, 0.5) is 5.69 Å². The van der Waals surface area contributed by atoms with Gasteiger partial charge in [0, 0.05) is 32.9 Å². The van der Waals surface area contributed by atoms with Crippen LogP contribution in [0.25, 0.3) is 39.8 Å². The lowest BCUT2D eigenvalue weighted by atomic mass is 10.2. The lowest BCUT2D eigenvalue weighted by molar-refractivity contribution is -0.111. The van der Waals surface area contributed by atoms with Gasteiger partial charge in [-0.05, 0) is 66.7 Å². The van der Waals surface area contributed by atoms with E-state index in [9.17, 15) is 4.79 Å². The number of aromatic amines is 1. The van der Waals surface area contributed by atoms with Gasteiger partial charge in [0.15, 0.2) is 0 Å². The van der Waals surface area contributed by atoms with Crippen LogP contribution in [0.2, 0.25) is 15.1 Å². The quantitative estimate of drug-likeness (QED) is 0.236. The van der Waals surface area contributed by atoms with Crippen LogP contribution in [0.5, 0.6) is 0 Å². The molecule has 0 aliphatic carbocycles. The Hall–Kier alpha value is -3.51. The summed E-state index contributed by atoms with van der Waals surface area (Å²) >= 11 is 18.5. The van der Waals surface area contributed by atoms with E-state index in [4.69, 9.17) is 39.2 Å². The Morgan fingerprint density at radius 2 is 1.74 bits per heavy atom. The number of benzene rings is 3. The molecule has 0 radical (unpaired) electrons. The number of fused-ring (bicyclic) bond motifs is 1. The van der Waals surface area contributed by atoms with Gasteiger partial charge in [0.1, 0.15) is 17.3 Å². The molecule has 5 nitrogen and oxygen atoms in total. The molecule has 0 unspecified atom stereocenters. The summed E-state index contributed by atoms with van der Waals surface area (Å²) in [6.07, 6.45) is 2.98.